The summed E-state index contributed by atoms with van der Waals surface area (Å²) in [6, 6.07) is 14.5. The average molecular weight is 387 g/mol. The lowest BCUT2D eigenvalue weighted by Gasteiger charge is -2.14. The highest BCUT2D eigenvalue weighted by Crippen LogP contribution is 2.29. The molecule has 0 bridgehead atoms. The number of hydrogen-bond donors (Lipinski definition) is 1. The van der Waals surface area contributed by atoms with E-state index in [1.54, 1.807) is 44.2 Å². The van der Waals surface area contributed by atoms with Gasteiger partial charge in [-0.3, -0.25) is 9.59 Å². The highest BCUT2D eigenvalue weighted by molar-refractivity contribution is 6.30. The number of aryl methyl sites for hydroxylation is 1. The van der Waals surface area contributed by atoms with E-state index < -0.39 is 5.92 Å². The third-order valence-electron chi connectivity index (χ3n) is 4.99. The van der Waals surface area contributed by atoms with Crippen LogP contribution in [-0.2, 0) is 9.59 Å². The molecule has 0 radical (unpaired) electrons. The van der Waals surface area contributed by atoms with Crippen molar-refractivity contribution in [2.24, 2.45) is 16.1 Å². The smallest absolute Gasteiger partial charge is 0.280 e. The number of hydrogen-bond acceptors (Lipinski definition) is 5. The van der Waals surface area contributed by atoms with Crippen LogP contribution in [0.4, 0.5) is 17.1 Å². The summed E-state index contributed by atoms with van der Waals surface area (Å²) in [5, 5.41) is 11.5. The monoisotopic (exact) mass is 387 g/mol. The van der Waals surface area contributed by atoms with Crippen molar-refractivity contribution in [3.8, 4) is 0 Å². The van der Waals surface area contributed by atoms with Crippen LogP contribution in [0.5, 0.6) is 0 Å². The molecule has 0 spiro atoms. The Morgan fingerprint density at radius 1 is 0.862 bits per heavy atom. The van der Waals surface area contributed by atoms with Gasteiger partial charge in [0.2, 0.25) is 0 Å². The first kappa shape index (κ1) is 18.6. The maximum atomic E-state index is 13.0. The Morgan fingerprint density at radius 3 is 2.10 bits per heavy atom. The molecule has 0 saturated carbocycles. The van der Waals surface area contributed by atoms with Gasteiger partial charge in [-0.2, -0.15) is 20.2 Å². The molecule has 0 aromatic heterocycles. The average Bonchev–Trinajstić information content (AvgIpc) is 3.14. The maximum Gasteiger partial charge on any atom is 0.280 e. The van der Waals surface area contributed by atoms with E-state index in [0.717, 1.165) is 5.56 Å². The van der Waals surface area contributed by atoms with Gasteiger partial charge >= 0.3 is 0 Å². The van der Waals surface area contributed by atoms with E-state index >= 15 is 0 Å². The summed E-state index contributed by atoms with van der Waals surface area (Å²) in [5.74, 6) is -1.07. The molecule has 2 amide bonds. The van der Waals surface area contributed by atoms with Gasteiger partial charge in [0.1, 0.15) is 0 Å². The van der Waals surface area contributed by atoms with Crippen LogP contribution in [0.2, 0.25) is 0 Å². The molecule has 2 aromatic rings. The fraction of sp³-hybridized carbons (Fsp3) is 0.182. The Labute approximate surface area is 168 Å². The number of nitrogens with zero attached hydrogens (tertiary/aromatic N) is 4. The molecule has 0 fully saturated rings. The lowest BCUT2D eigenvalue weighted by Crippen LogP contribution is -2.27. The number of hydrazone groups is 2. The van der Waals surface area contributed by atoms with Crippen LogP contribution in [-0.4, -0.2) is 23.2 Å². The number of amides is 2. The fourth-order valence-corrected chi connectivity index (χ4v) is 3.31. The quantitative estimate of drug-likeness (QED) is 0.647. The molecule has 0 saturated heterocycles. The van der Waals surface area contributed by atoms with Gasteiger partial charge in [-0.1, -0.05) is 23.8 Å². The molecule has 1 unspecified atom stereocenters. The van der Waals surface area contributed by atoms with Gasteiger partial charge in [-0.25, -0.2) is 0 Å². The predicted molar refractivity (Wildman–Crippen MR) is 115 cm³/mol. The van der Waals surface area contributed by atoms with E-state index in [9.17, 15) is 9.59 Å². The normalized spacial score (nSPS) is 20.5. The topological polar surface area (TPSA) is 91.4 Å². The molecule has 2 N–H and O–H groups in total. The first-order chi connectivity index (χ1) is 13.8. The Balaban J connectivity index is 1.61. The second-order valence-electron chi connectivity index (χ2n) is 7.18. The Hall–Kier alpha value is -3.74. The molecular formula is C22H21N5O2. The number of benzene rings is 2. The summed E-state index contributed by atoms with van der Waals surface area (Å²) in [6.07, 6.45) is 1.66. The Morgan fingerprint density at radius 2 is 1.45 bits per heavy atom. The van der Waals surface area contributed by atoms with Gasteiger partial charge < -0.3 is 5.73 Å². The van der Waals surface area contributed by atoms with Crippen molar-refractivity contribution in [2.75, 3.05) is 15.8 Å². The number of carbonyl (C=O) groups excluding carboxylic acids is 2. The number of anilines is 3. The minimum atomic E-state index is -0.605. The molecular weight excluding hydrogens is 366 g/mol. The van der Waals surface area contributed by atoms with E-state index in [1.807, 2.05) is 31.2 Å². The van der Waals surface area contributed by atoms with Crippen molar-refractivity contribution in [1.29, 1.82) is 0 Å². The van der Waals surface area contributed by atoms with Crippen molar-refractivity contribution in [3.63, 3.8) is 0 Å². The second kappa shape index (κ2) is 7.01. The molecule has 7 heteroatoms. The first-order valence-corrected chi connectivity index (χ1v) is 9.28. The van der Waals surface area contributed by atoms with E-state index in [0.29, 0.717) is 34.1 Å². The molecule has 2 aromatic carbocycles. The minimum absolute atomic E-state index is 0.189. The van der Waals surface area contributed by atoms with Gasteiger partial charge in [0.05, 0.1) is 34.3 Å². The third-order valence-corrected chi connectivity index (χ3v) is 4.99. The zero-order valence-corrected chi connectivity index (χ0v) is 16.5. The van der Waals surface area contributed by atoms with Gasteiger partial charge in [0.25, 0.3) is 11.8 Å². The third kappa shape index (κ3) is 3.31. The summed E-state index contributed by atoms with van der Waals surface area (Å²) in [6.45, 7) is 5.53. The molecule has 146 valence electrons. The highest BCUT2D eigenvalue weighted by atomic mass is 16.2. The van der Waals surface area contributed by atoms with Crippen molar-refractivity contribution < 1.29 is 9.59 Å². The summed E-state index contributed by atoms with van der Waals surface area (Å²) in [4.78, 5) is 25.9. The van der Waals surface area contributed by atoms with Gasteiger partial charge in [0, 0.05) is 5.69 Å². The van der Waals surface area contributed by atoms with Crippen LogP contribution in [0.1, 0.15) is 19.4 Å². The van der Waals surface area contributed by atoms with E-state index in [2.05, 4.69) is 10.2 Å². The standard InChI is InChI=1S/C22H21N5O2/c1-13-4-8-17(9-5-13)26-21(28)19(14(2)24-26)12-20-15(3)25-27(22(20)29)18-10-6-16(23)7-11-18/h4-12,19H,23H2,1-3H3/b20-12-. The molecule has 4 rings (SSSR count). The van der Waals surface area contributed by atoms with Crippen molar-refractivity contribution >= 4 is 40.3 Å². The van der Waals surface area contributed by atoms with E-state index in [-0.39, 0.29) is 11.8 Å². The molecule has 0 aliphatic carbocycles. The van der Waals surface area contributed by atoms with Crippen LogP contribution in [0.3, 0.4) is 0 Å². The minimum Gasteiger partial charge on any atom is -0.399 e. The van der Waals surface area contributed by atoms with Gasteiger partial charge in [-0.05, 0) is 57.2 Å². The van der Waals surface area contributed by atoms with E-state index in [1.165, 1.54) is 10.0 Å². The highest BCUT2D eigenvalue weighted by Gasteiger charge is 2.36. The first-order valence-electron chi connectivity index (χ1n) is 9.28. The van der Waals surface area contributed by atoms with Crippen molar-refractivity contribution in [3.05, 3.63) is 65.7 Å². The Kier molecular flexibility index (Phi) is 4.50. The SMILES string of the molecule is CC1=NN(c2ccc(N)cc2)C(=O)/C1=C\C1C(=O)N(c2ccc(C)cc2)N=C1C. The van der Waals surface area contributed by atoms with Crippen LogP contribution >= 0.6 is 0 Å². The largest absolute Gasteiger partial charge is 0.399 e. The lowest BCUT2D eigenvalue weighted by atomic mass is 9.98. The number of carbonyl (C=O) groups is 2. The maximum absolute atomic E-state index is 13.0. The summed E-state index contributed by atoms with van der Waals surface area (Å²) in [5.41, 5.74) is 10.3. The summed E-state index contributed by atoms with van der Waals surface area (Å²) < 4.78 is 0. The number of rotatable bonds is 3. The van der Waals surface area contributed by atoms with E-state index in [4.69, 9.17) is 5.73 Å². The van der Waals surface area contributed by atoms with Crippen LogP contribution < -0.4 is 15.8 Å². The van der Waals surface area contributed by atoms with Crippen LogP contribution in [0.25, 0.3) is 0 Å². The molecule has 2 aliphatic heterocycles. The molecule has 2 heterocycles. The predicted octanol–water partition coefficient (Wildman–Crippen LogP) is 3.27. The fourth-order valence-electron chi connectivity index (χ4n) is 3.31. The molecule has 29 heavy (non-hydrogen) atoms. The number of nitrogen functional groups attached to an aromatic ring is 1. The Bertz CT molecular complexity index is 1080. The zero-order chi connectivity index (χ0) is 20.7. The summed E-state index contributed by atoms with van der Waals surface area (Å²) >= 11 is 0. The molecule has 7 nitrogen and oxygen atoms in total. The number of nitrogens with two attached hydrogens (primary N) is 1. The second-order valence-corrected chi connectivity index (χ2v) is 7.18. The van der Waals surface area contributed by atoms with Crippen molar-refractivity contribution in [2.45, 2.75) is 20.8 Å². The summed E-state index contributed by atoms with van der Waals surface area (Å²) in [7, 11) is 0. The molecule has 2 aliphatic rings. The zero-order valence-electron chi connectivity index (χ0n) is 16.5. The van der Waals surface area contributed by atoms with Gasteiger partial charge in [-0.15, -0.1) is 0 Å². The van der Waals surface area contributed by atoms with Gasteiger partial charge in [0.15, 0.2) is 0 Å². The lowest BCUT2D eigenvalue weighted by molar-refractivity contribution is -0.118. The van der Waals surface area contributed by atoms with Crippen LogP contribution in [0.15, 0.2) is 70.4 Å². The molecule has 1 atom stereocenters. The van der Waals surface area contributed by atoms with Crippen molar-refractivity contribution in [1.82, 2.24) is 0 Å². The van der Waals surface area contributed by atoms with Crippen LogP contribution in [0, 0.1) is 12.8 Å².